The quantitative estimate of drug-likeness (QED) is 0.760. The van der Waals surface area contributed by atoms with Crippen LogP contribution in [0.5, 0.6) is 0 Å². The van der Waals surface area contributed by atoms with E-state index in [0.717, 1.165) is 38.4 Å². The Morgan fingerprint density at radius 3 is 2.88 bits per heavy atom. The number of amides is 1. The highest BCUT2D eigenvalue weighted by molar-refractivity contribution is 5.88. The van der Waals surface area contributed by atoms with Gasteiger partial charge >= 0.3 is 0 Å². The molecule has 1 aliphatic carbocycles. The van der Waals surface area contributed by atoms with Gasteiger partial charge < -0.3 is 11.1 Å². The molecule has 1 saturated carbocycles. The van der Waals surface area contributed by atoms with Gasteiger partial charge in [0.15, 0.2) is 0 Å². The SMILES string of the molecule is CC1CCCN(C(C)CNC(=O)C2(N)CC2)C1. The van der Waals surface area contributed by atoms with Gasteiger partial charge in [0.05, 0.1) is 5.54 Å². The number of carbonyl (C=O) groups excluding carboxylic acids is 1. The van der Waals surface area contributed by atoms with E-state index in [1.807, 2.05) is 0 Å². The molecule has 0 aromatic rings. The topological polar surface area (TPSA) is 58.4 Å². The molecule has 0 aromatic heterocycles. The average molecular weight is 239 g/mol. The van der Waals surface area contributed by atoms with Gasteiger partial charge in [-0.25, -0.2) is 0 Å². The maximum atomic E-state index is 11.7. The second-order valence-corrected chi connectivity index (χ2v) is 5.96. The van der Waals surface area contributed by atoms with Gasteiger partial charge in [-0.3, -0.25) is 9.69 Å². The molecule has 4 nitrogen and oxygen atoms in total. The smallest absolute Gasteiger partial charge is 0.240 e. The van der Waals surface area contributed by atoms with Gasteiger partial charge in [0.25, 0.3) is 0 Å². The largest absolute Gasteiger partial charge is 0.353 e. The minimum atomic E-state index is -0.533. The maximum Gasteiger partial charge on any atom is 0.240 e. The molecule has 3 N–H and O–H groups in total. The van der Waals surface area contributed by atoms with Crippen molar-refractivity contribution >= 4 is 5.91 Å². The number of nitrogens with two attached hydrogens (primary N) is 1. The third-order valence-electron chi connectivity index (χ3n) is 4.11. The van der Waals surface area contributed by atoms with Crippen LogP contribution in [0.2, 0.25) is 0 Å². The Hall–Kier alpha value is -0.610. The van der Waals surface area contributed by atoms with E-state index in [-0.39, 0.29) is 5.91 Å². The Bertz CT molecular complexity index is 288. The fourth-order valence-corrected chi connectivity index (χ4v) is 2.53. The molecule has 0 spiro atoms. The lowest BCUT2D eigenvalue weighted by molar-refractivity contribution is -0.123. The van der Waals surface area contributed by atoms with Crippen LogP contribution < -0.4 is 11.1 Å². The number of hydrogen-bond acceptors (Lipinski definition) is 3. The molecule has 1 amide bonds. The molecule has 1 heterocycles. The van der Waals surface area contributed by atoms with Crippen LogP contribution in [-0.2, 0) is 4.79 Å². The summed E-state index contributed by atoms with van der Waals surface area (Å²) >= 11 is 0. The fraction of sp³-hybridized carbons (Fsp3) is 0.923. The monoisotopic (exact) mass is 239 g/mol. The number of nitrogens with one attached hydrogen (secondary N) is 1. The lowest BCUT2D eigenvalue weighted by Gasteiger charge is -2.35. The van der Waals surface area contributed by atoms with E-state index in [4.69, 9.17) is 5.73 Å². The van der Waals surface area contributed by atoms with Gasteiger partial charge in [-0.2, -0.15) is 0 Å². The highest BCUT2D eigenvalue weighted by Crippen LogP contribution is 2.32. The molecule has 2 fully saturated rings. The molecule has 0 bridgehead atoms. The summed E-state index contributed by atoms with van der Waals surface area (Å²) in [6.45, 7) is 7.54. The van der Waals surface area contributed by atoms with E-state index in [1.165, 1.54) is 12.8 Å². The summed E-state index contributed by atoms with van der Waals surface area (Å²) in [5, 5.41) is 2.99. The Morgan fingerprint density at radius 2 is 2.29 bits per heavy atom. The minimum Gasteiger partial charge on any atom is -0.353 e. The number of piperidine rings is 1. The molecule has 1 saturated heterocycles. The van der Waals surface area contributed by atoms with Gasteiger partial charge in [-0.1, -0.05) is 6.92 Å². The van der Waals surface area contributed by atoms with E-state index in [0.29, 0.717) is 6.04 Å². The van der Waals surface area contributed by atoms with Crippen LogP contribution in [0.25, 0.3) is 0 Å². The number of likely N-dealkylation sites (tertiary alicyclic amines) is 1. The van der Waals surface area contributed by atoms with Crippen LogP contribution in [-0.4, -0.2) is 42.0 Å². The van der Waals surface area contributed by atoms with Crippen molar-refractivity contribution in [2.75, 3.05) is 19.6 Å². The van der Waals surface area contributed by atoms with Gasteiger partial charge in [-0.15, -0.1) is 0 Å². The third-order valence-corrected chi connectivity index (χ3v) is 4.11. The standard InChI is InChI=1S/C13H25N3O/c1-10-4-3-7-16(9-10)11(2)8-15-12(17)13(14)5-6-13/h10-11H,3-9,14H2,1-2H3,(H,15,17). The van der Waals surface area contributed by atoms with E-state index in [1.54, 1.807) is 0 Å². The van der Waals surface area contributed by atoms with E-state index >= 15 is 0 Å². The molecule has 1 aliphatic heterocycles. The first-order valence-electron chi connectivity index (χ1n) is 6.82. The Morgan fingerprint density at radius 1 is 1.59 bits per heavy atom. The molecule has 2 atom stereocenters. The molecule has 98 valence electrons. The Kier molecular flexibility index (Phi) is 3.73. The number of nitrogens with zero attached hydrogens (tertiary/aromatic N) is 1. The molecular formula is C13H25N3O. The zero-order valence-corrected chi connectivity index (χ0v) is 11.0. The zero-order valence-electron chi connectivity index (χ0n) is 11.0. The van der Waals surface area contributed by atoms with E-state index in [2.05, 4.69) is 24.1 Å². The van der Waals surface area contributed by atoms with Crippen LogP contribution in [0.3, 0.4) is 0 Å². The molecule has 2 unspecified atom stereocenters. The maximum absolute atomic E-state index is 11.7. The van der Waals surface area contributed by atoms with Gasteiger partial charge in [0, 0.05) is 19.1 Å². The van der Waals surface area contributed by atoms with E-state index < -0.39 is 5.54 Å². The normalized spacial score (nSPS) is 29.7. The lowest BCUT2D eigenvalue weighted by Crippen LogP contribution is -2.50. The molecule has 0 radical (unpaired) electrons. The van der Waals surface area contributed by atoms with Gasteiger partial charge in [0.1, 0.15) is 0 Å². The van der Waals surface area contributed by atoms with Crippen molar-refractivity contribution in [3.05, 3.63) is 0 Å². The van der Waals surface area contributed by atoms with Gasteiger partial charge in [-0.05, 0) is 45.1 Å². The number of hydrogen-bond donors (Lipinski definition) is 2. The Balaban J connectivity index is 1.73. The predicted molar refractivity (Wildman–Crippen MR) is 68.6 cm³/mol. The van der Waals surface area contributed by atoms with Crippen LogP contribution in [0, 0.1) is 5.92 Å². The van der Waals surface area contributed by atoms with Crippen molar-refractivity contribution in [3.63, 3.8) is 0 Å². The van der Waals surface area contributed by atoms with Crippen LogP contribution in [0.1, 0.15) is 39.5 Å². The second kappa shape index (κ2) is 4.94. The van der Waals surface area contributed by atoms with Crippen molar-refractivity contribution in [3.8, 4) is 0 Å². The summed E-state index contributed by atoms with van der Waals surface area (Å²) < 4.78 is 0. The average Bonchev–Trinajstić information content (AvgIpc) is 3.05. The summed E-state index contributed by atoms with van der Waals surface area (Å²) in [7, 11) is 0. The predicted octanol–water partition coefficient (Wildman–Crippen LogP) is 0.714. The van der Waals surface area contributed by atoms with Crippen molar-refractivity contribution in [2.24, 2.45) is 11.7 Å². The van der Waals surface area contributed by atoms with Crippen molar-refractivity contribution in [1.82, 2.24) is 10.2 Å². The molecular weight excluding hydrogens is 214 g/mol. The number of carbonyl (C=O) groups is 1. The molecule has 0 aromatic carbocycles. The Labute approximate surface area is 104 Å². The molecule has 17 heavy (non-hydrogen) atoms. The lowest BCUT2D eigenvalue weighted by atomic mass is 9.99. The van der Waals surface area contributed by atoms with Crippen LogP contribution in [0.4, 0.5) is 0 Å². The summed E-state index contributed by atoms with van der Waals surface area (Å²) in [6, 6.07) is 0.420. The molecule has 2 rings (SSSR count). The number of rotatable bonds is 4. The highest BCUT2D eigenvalue weighted by atomic mass is 16.2. The highest BCUT2D eigenvalue weighted by Gasteiger charge is 2.45. The summed E-state index contributed by atoms with van der Waals surface area (Å²) in [4.78, 5) is 14.2. The first kappa shape index (κ1) is 12.8. The summed E-state index contributed by atoms with van der Waals surface area (Å²) in [6.07, 6.45) is 4.30. The molecule has 4 heteroatoms. The van der Waals surface area contributed by atoms with Crippen molar-refractivity contribution in [1.29, 1.82) is 0 Å². The summed E-state index contributed by atoms with van der Waals surface area (Å²) in [5.41, 5.74) is 5.32. The van der Waals surface area contributed by atoms with E-state index in [9.17, 15) is 4.79 Å². The fourth-order valence-electron chi connectivity index (χ4n) is 2.53. The van der Waals surface area contributed by atoms with Crippen LogP contribution >= 0.6 is 0 Å². The third kappa shape index (κ3) is 3.19. The van der Waals surface area contributed by atoms with Crippen LogP contribution in [0.15, 0.2) is 0 Å². The van der Waals surface area contributed by atoms with Crippen molar-refractivity contribution < 1.29 is 4.79 Å². The van der Waals surface area contributed by atoms with Crippen molar-refractivity contribution in [2.45, 2.75) is 51.1 Å². The minimum absolute atomic E-state index is 0.0365. The van der Waals surface area contributed by atoms with Gasteiger partial charge in [0.2, 0.25) is 5.91 Å². The zero-order chi connectivity index (χ0) is 12.5. The molecule has 2 aliphatic rings. The second-order valence-electron chi connectivity index (χ2n) is 5.96. The first-order chi connectivity index (χ1) is 8.01. The first-order valence-corrected chi connectivity index (χ1v) is 6.82. The summed E-state index contributed by atoms with van der Waals surface area (Å²) in [5.74, 6) is 0.820.